The Morgan fingerprint density at radius 1 is 1.09 bits per heavy atom. The maximum atomic E-state index is 11.3. The van der Waals surface area contributed by atoms with Crippen LogP contribution in [-0.4, -0.2) is 36.6 Å². The number of hydrogen-bond donors (Lipinski definition) is 3. The smallest absolute Gasteiger partial charge is 0.204 e. The molecule has 3 aromatic carbocycles. The van der Waals surface area contributed by atoms with Crippen LogP contribution in [-0.2, 0) is 17.8 Å². The highest BCUT2D eigenvalue weighted by atomic mass is 16.5. The van der Waals surface area contributed by atoms with Gasteiger partial charge >= 0.3 is 0 Å². The number of nitrogens with zero attached hydrogens (tertiary/aromatic N) is 3. The molecular formula is C25H24N4O4. The van der Waals surface area contributed by atoms with E-state index in [1.165, 1.54) is 6.92 Å². The van der Waals surface area contributed by atoms with Crippen molar-refractivity contribution in [1.82, 2.24) is 20.6 Å². The van der Waals surface area contributed by atoms with Crippen molar-refractivity contribution in [2.45, 2.75) is 33.0 Å². The lowest BCUT2D eigenvalue weighted by atomic mass is 9.98. The zero-order valence-corrected chi connectivity index (χ0v) is 18.3. The Kier molecular flexibility index (Phi) is 6.46. The van der Waals surface area contributed by atoms with Gasteiger partial charge < -0.3 is 14.9 Å². The number of carbonyl (C=O) groups is 1. The molecule has 33 heavy (non-hydrogen) atoms. The molecule has 1 atom stereocenters. The van der Waals surface area contributed by atoms with E-state index in [-0.39, 0.29) is 18.0 Å². The molecule has 0 bridgehead atoms. The molecule has 0 spiro atoms. The molecule has 1 aromatic heterocycles. The van der Waals surface area contributed by atoms with Gasteiger partial charge in [0.25, 0.3) is 0 Å². The van der Waals surface area contributed by atoms with Gasteiger partial charge in [0.2, 0.25) is 5.82 Å². The van der Waals surface area contributed by atoms with E-state index in [9.17, 15) is 15.0 Å². The second-order valence-electron chi connectivity index (χ2n) is 7.87. The van der Waals surface area contributed by atoms with Gasteiger partial charge in [-0.3, -0.25) is 4.79 Å². The fourth-order valence-corrected chi connectivity index (χ4v) is 3.59. The number of aromatic nitrogens is 4. The lowest BCUT2D eigenvalue weighted by Crippen LogP contribution is -2.02. The molecule has 8 heteroatoms. The van der Waals surface area contributed by atoms with Crippen LogP contribution in [0.3, 0.4) is 0 Å². The van der Waals surface area contributed by atoms with Crippen LogP contribution in [0.5, 0.6) is 11.5 Å². The molecule has 168 valence electrons. The SMILES string of the molecule is CC(=O)Cc1ccc(OCc2ccc(C(O)c3cccc(-c4nn[nH]n4)c3)cc2)c(C)c1O. The van der Waals surface area contributed by atoms with Gasteiger partial charge in [-0.15, -0.1) is 10.2 Å². The minimum absolute atomic E-state index is 0.0119. The fourth-order valence-electron chi connectivity index (χ4n) is 3.59. The number of H-pyrrole nitrogens is 1. The fraction of sp³-hybridized carbons (Fsp3) is 0.200. The standard InChI is InChI=1S/C25H24N4O4/c1-15(30)12-20-10-11-22(16(2)23(20)31)33-14-17-6-8-18(9-7-17)24(32)19-4-3-5-21(13-19)25-26-28-29-27-25/h3-11,13,24,31-32H,12,14H2,1-2H3,(H,26,27,28,29). The number of aromatic amines is 1. The summed E-state index contributed by atoms with van der Waals surface area (Å²) in [7, 11) is 0. The third-order valence-corrected chi connectivity index (χ3v) is 5.40. The normalized spacial score (nSPS) is 11.8. The van der Waals surface area contributed by atoms with Crippen LogP contribution in [0.2, 0.25) is 0 Å². The quantitative estimate of drug-likeness (QED) is 0.379. The van der Waals surface area contributed by atoms with Gasteiger partial charge in [0.1, 0.15) is 30.0 Å². The first kappa shape index (κ1) is 22.2. The van der Waals surface area contributed by atoms with Gasteiger partial charge in [-0.05, 0) is 47.9 Å². The summed E-state index contributed by atoms with van der Waals surface area (Å²) in [5, 5.41) is 35.1. The summed E-state index contributed by atoms with van der Waals surface area (Å²) in [4.78, 5) is 11.3. The Labute approximate surface area is 190 Å². The van der Waals surface area contributed by atoms with E-state index in [0.29, 0.717) is 29.3 Å². The molecule has 0 amide bonds. The summed E-state index contributed by atoms with van der Waals surface area (Å²) in [6.45, 7) is 3.55. The molecule has 0 saturated heterocycles. The number of phenolic OH excluding ortho intramolecular Hbond substituents is 1. The second-order valence-corrected chi connectivity index (χ2v) is 7.87. The van der Waals surface area contributed by atoms with Gasteiger partial charge in [0, 0.05) is 23.1 Å². The summed E-state index contributed by atoms with van der Waals surface area (Å²) in [6, 6.07) is 18.3. The summed E-state index contributed by atoms with van der Waals surface area (Å²) in [6.07, 6.45) is -0.616. The third-order valence-electron chi connectivity index (χ3n) is 5.40. The molecule has 4 aromatic rings. The molecular weight excluding hydrogens is 420 g/mol. The highest BCUT2D eigenvalue weighted by molar-refractivity contribution is 5.79. The topological polar surface area (TPSA) is 121 Å². The lowest BCUT2D eigenvalue weighted by Gasteiger charge is -2.15. The number of hydrogen-bond acceptors (Lipinski definition) is 7. The number of benzene rings is 3. The number of ketones is 1. The number of aliphatic hydroxyl groups is 1. The van der Waals surface area contributed by atoms with Gasteiger partial charge in [-0.2, -0.15) is 5.21 Å². The van der Waals surface area contributed by atoms with Crippen molar-refractivity contribution in [2.24, 2.45) is 0 Å². The number of ether oxygens (including phenoxy) is 1. The van der Waals surface area contributed by atoms with Crippen molar-refractivity contribution in [1.29, 1.82) is 0 Å². The zero-order valence-electron chi connectivity index (χ0n) is 18.3. The van der Waals surface area contributed by atoms with E-state index in [2.05, 4.69) is 20.6 Å². The van der Waals surface area contributed by atoms with Crippen molar-refractivity contribution in [2.75, 3.05) is 0 Å². The Morgan fingerprint density at radius 2 is 1.88 bits per heavy atom. The number of rotatable bonds is 8. The maximum Gasteiger partial charge on any atom is 0.204 e. The summed E-state index contributed by atoms with van der Waals surface area (Å²) in [5.74, 6) is 1.10. The van der Waals surface area contributed by atoms with Crippen LogP contribution in [0.1, 0.15) is 40.8 Å². The monoisotopic (exact) mass is 444 g/mol. The maximum absolute atomic E-state index is 11.3. The number of Topliss-reactive ketones (excluding diaryl/α,β-unsaturated/α-hetero) is 1. The predicted octanol–water partition coefficient (Wildman–Crippen LogP) is 3.67. The van der Waals surface area contributed by atoms with E-state index in [1.807, 2.05) is 48.5 Å². The zero-order chi connectivity index (χ0) is 23.4. The summed E-state index contributed by atoms with van der Waals surface area (Å²) in [5.41, 5.74) is 4.33. The number of aliphatic hydroxyl groups excluding tert-OH is 1. The van der Waals surface area contributed by atoms with E-state index in [0.717, 1.165) is 22.3 Å². The van der Waals surface area contributed by atoms with Gasteiger partial charge in [-0.25, -0.2) is 0 Å². The molecule has 8 nitrogen and oxygen atoms in total. The Morgan fingerprint density at radius 3 is 2.58 bits per heavy atom. The van der Waals surface area contributed by atoms with Gasteiger partial charge in [-0.1, -0.05) is 48.5 Å². The van der Waals surface area contributed by atoms with Crippen molar-refractivity contribution >= 4 is 5.78 Å². The highest BCUT2D eigenvalue weighted by Gasteiger charge is 2.14. The number of aromatic hydroxyl groups is 1. The molecule has 0 aliphatic rings. The third kappa shape index (κ3) is 5.07. The van der Waals surface area contributed by atoms with E-state index >= 15 is 0 Å². The molecule has 0 fully saturated rings. The minimum Gasteiger partial charge on any atom is -0.507 e. The molecule has 4 rings (SSSR count). The van der Waals surface area contributed by atoms with Crippen LogP contribution >= 0.6 is 0 Å². The van der Waals surface area contributed by atoms with Crippen LogP contribution in [0.4, 0.5) is 0 Å². The Balaban J connectivity index is 1.43. The first-order chi connectivity index (χ1) is 15.9. The van der Waals surface area contributed by atoms with E-state index in [1.54, 1.807) is 19.1 Å². The molecule has 0 radical (unpaired) electrons. The summed E-state index contributed by atoms with van der Waals surface area (Å²) >= 11 is 0. The molecule has 0 saturated carbocycles. The van der Waals surface area contributed by atoms with Crippen LogP contribution in [0.25, 0.3) is 11.4 Å². The Bertz CT molecular complexity index is 1250. The molecule has 1 unspecified atom stereocenters. The first-order valence-corrected chi connectivity index (χ1v) is 10.5. The number of carbonyl (C=O) groups excluding carboxylic acids is 1. The largest absolute Gasteiger partial charge is 0.507 e. The predicted molar refractivity (Wildman–Crippen MR) is 122 cm³/mol. The molecule has 1 heterocycles. The highest BCUT2D eigenvalue weighted by Crippen LogP contribution is 2.32. The minimum atomic E-state index is -0.806. The van der Waals surface area contributed by atoms with Crippen LogP contribution < -0.4 is 4.74 Å². The number of nitrogens with one attached hydrogen (secondary N) is 1. The van der Waals surface area contributed by atoms with Crippen LogP contribution in [0, 0.1) is 6.92 Å². The van der Waals surface area contributed by atoms with Gasteiger partial charge in [0.05, 0.1) is 0 Å². The average Bonchev–Trinajstić information content (AvgIpc) is 3.36. The van der Waals surface area contributed by atoms with Crippen molar-refractivity contribution in [3.05, 3.63) is 88.5 Å². The summed E-state index contributed by atoms with van der Waals surface area (Å²) < 4.78 is 5.88. The second kappa shape index (κ2) is 9.62. The average molecular weight is 444 g/mol. The lowest BCUT2D eigenvalue weighted by molar-refractivity contribution is -0.116. The first-order valence-electron chi connectivity index (χ1n) is 10.5. The van der Waals surface area contributed by atoms with Crippen molar-refractivity contribution < 1.29 is 19.7 Å². The van der Waals surface area contributed by atoms with Crippen LogP contribution in [0.15, 0.2) is 60.7 Å². The van der Waals surface area contributed by atoms with E-state index < -0.39 is 6.10 Å². The van der Waals surface area contributed by atoms with Gasteiger partial charge in [0.15, 0.2) is 0 Å². The Hall–Kier alpha value is -4.04. The number of tetrazole rings is 1. The van der Waals surface area contributed by atoms with Crippen molar-refractivity contribution in [3.8, 4) is 22.9 Å². The van der Waals surface area contributed by atoms with Crippen molar-refractivity contribution in [3.63, 3.8) is 0 Å². The molecule has 3 N–H and O–H groups in total. The number of phenols is 1. The molecule has 0 aliphatic carbocycles. The molecule has 0 aliphatic heterocycles. The van der Waals surface area contributed by atoms with E-state index in [4.69, 9.17) is 4.74 Å².